The van der Waals surface area contributed by atoms with E-state index in [-0.39, 0.29) is 23.0 Å². The van der Waals surface area contributed by atoms with E-state index in [1.807, 2.05) is 31.4 Å². The van der Waals surface area contributed by atoms with E-state index >= 15 is 0 Å². The second-order valence-corrected chi connectivity index (χ2v) is 9.50. The largest absolute Gasteiger partial charge is 0.325 e. The Hall–Kier alpha value is -2.97. The Morgan fingerprint density at radius 2 is 1.88 bits per heavy atom. The van der Waals surface area contributed by atoms with E-state index in [0.29, 0.717) is 33.2 Å². The molecule has 0 saturated heterocycles. The van der Waals surface area contributed by atoms with Gasteiger partial charge in [-0.3, -0.25) is 14.2 Å². The highest BCUT2D eigenvalue weighted by Crippen LogP contribution is 2.23. The van der Waals surface area contributed by atoms with Crippen LogP contribution in [0.2, 0.25) is 0 Å². The summed E-state index contributed by atoms with van der Waals surface area (Å²) in [5, 5.41) is 5.01. The standard InChI is InChI=1S/C24H22FN3O2S2/c1-14-4-6-17(10-16(14)3)12-28-23(30)22-20(8-9-31-22)27-24(28)32-13-21(29)26-18-7-5-15(2)19(25)11-18/h4-11H,12-13H2,1-3H3,(H,26,29). The molecule has 8 heteroatoms. The molecule has 4 aromatic rings. The fourth-order valence-electron chi connectivity index (χ4n) is 3.26. The zero-order valence-corrected chi connectivity index (χ0v) is 19.6. The Balaban J connectivity index is 1.58. The number of thioether (sulfide) groups is 1. The van der Waals surface area contributed by atoms with E-state index in [2.05, 4.69) is 16.4 Å². The van der Waals surface area contributed by atoms with Crippen LogP contribution >= 0.6 is 23.1 Å². The summed E-state index contributed by atoms with van der Waals surface area (Å²) >= 11 is 2.55. The van der Waals surface area contributed by atoms with Gasteiger partial charge in [-0.1, -0.05) is 36.0 Å². The quantitative estimate of drug-likeness (QED) is 0.309. The number of nitrogens with one attached hydrogen (secondary N) is 1. The topological polar surface area (TPSA) is 64.0 Å². The van der Waals surface area contributed by atoms with E-state index in [4.69, 9.17) is 0 Å². The fourth-order valence-corrected chi connectivity index (χ4v) is 4.83. The predicted octanol–water partition coefficient (Wildman–Crippen LogP) is 5.30. The Bertz CT molecular complexity index is 1380. The van der Waals surface area contributed by atoms with Gasteiger partial charge in [0.1, 0.15) is 10.5 Å². The molecule has 164 valence electrons. The Labute approximate surface area is 193 Å². The molecular weight excluding hydrogens is 445 g/mol. The van der Waals surface area contributed by atoms with Gasteiger partial charge in [-0.05, 0) is 66.6 Å². The molecule has 0 spiro atoms. The minimum Gasteiger partial charge on any atom is -0.325 e. The maximum atomic E-state index is 13.8. The van der Waals surface area contributed by atoms with Gasteiger partial charge in [-0.15, -0.1) is 11.3 Å². The molecule has 0 unspecified atom stereocenters. The van der Waals surface area contributed by atoms with Crippen LogP contribution in [0, 0.1) is 26.6 Å². The minimum atomic E-state index is -0.373. The van der Waals surface area contributed by atoms with Crippen LogP contribution in [0.4, 0.5) is 10.1 Å². The number of carbonyl (C=O) groups is 1. The molecule has 32 heavy (non-hydrogen) atoms. The van der Waals surface area contributed by atoms with Crippen LogP contribution in [0.5, 0.6) is 0 Å². The molecule has 2 aromatic carbocycles. The maximum absolute atomic E-state index is 13.8. The van der Waals surface area contributed by atoms with Crippen molar-refractivity contribution in [2.45, 2.75) is 32.5 Å². The van der Waals surface area contributed by atoms with E-state index in [9.17, 15) is 14.0 Å². The van der Waals surface area contributed by atoms with Gasteiger partial charge in [-0.2, -0.15) is 0 Å². The van der Waals surface area contributed by atoms with Crippen LogP contribution in [0.15, 0.2) is 57.8 Å². The van der Waals surface area contributed by atoms with Crippen LogP contribution in [-0.4, -0.2) is 21.2 Å². The van der Waals surface area contributed by atoms with Crippen LogP contribution in [0.25, 0.3) is 10.2 Å². The number of fused-ring (bicyclic) bond motifs is 1. The van der Waals surface area contributed by atoms with Crippen molar-refractivity contribution in [1.82, 2.24) is 9.55 Å². The average Bonchev–Trinajstić information content (AvgIpc) is 3.23. The first-order valence-corrected chi connectivity index (χ1v) is 11.9. The average molecular weight is 468 g/mol. The third kappa shape index (κ3) is 4.76. The summed E-state index contributed by atoms with van der Waals surface area (Å²) in [6.45, 7) is 6.12. The molecule has 0 radical (unpaired) electrons. The van der Waals surface area contributed by atoms with Gasteiger partial charge in [-0.25, -0.2) is 9.37 Å². The van der Waals surface area contributed by atoms with Crippen LogP contribution in [0.3, 0.4) is 0 Å². The molecule has 2 aromatic heterocycles. The van der Waals surface area contributed by atoms with Gasteiger partial charge in [0.25, 0.3) is 5.56 Å². The molecule has 2 heterocycles. The van der Waals surface area contributed by atoms with Crippen molar-refractivity contribution in [3.05, 3.63) is 86.3 Å². The molecule has 0 aliphatic heterocycles. The van der Waals surface area contributed by atoms with E-state index in [0.717, 1.165) is 11.1 Å². The minimum absolute atomic E-state index is 0.0461. The first-order valence-electron chi connectivity index (χ1n) is 10.0. The second kappa shape index (κ2) is 9.26. The number of hydrogen-bond acceptors (Lipinski definition) is 5. The van der Waals surface area contributed by atoms with E-state index in [1.165, 1.54) is 34.7 Å². The zero-order chi connectivity index (χ0) is 22.8. The van der Waals surface area contributed by atoms with Crippen molar-refractivity contribution >= 4 is 44.9 Å². The fraction of sp³-hybridized carbons (Fsp3) is 0.208. The number of aryl methyl sites for hydroxylation is 3. The molecular formula is C24H22FN3O2S2. The predicted molar refractivity (Wildman–Crippen MR) is 129 cm³/mol. The molecule has 1 amide bonds. The number of thiophene rings is 1. The van der Waals surface area contributed by atoms with Gasteiger partial charge in [0.2, 0.25) is 5.91 Å². The summed E-state index contributed by atoms with van der Waals surface area (Å²) < 4.78 is 16.0. The van der Waals surface area contributed by atoms with Crippen molar-refractivity contribution in [3.63, 3.8) is 0 Å². The Morgan fingerprint density at radius 3 is 2.62 bits per heavy atom. The van der Waals surface area contributed by atoms with Gasteiger partial charge in [0.05, 0.1) is 17.8 Å². The molecule has 0 atom stereocenters. The summed E-state index contributed by atoms with van der Waals surface area (Å²) in [5.41, 5.74) is 4.75. The number of hydrogen-bond donors (Lipinski definition) is 1. The normalized spacial score (nSPS) is 11.1. The van der Waals surface area contributed by atoms with Crippen LogP contribution in [-0.2, 0) is 11.3 Å². The summed E-state index contributed by atoms with van der Waals surface area (Å²) in [4.78, 5) is 30.2. The molecule has 0 aliphatic rings. The molecule has 0 bridgehead atoms. The summed E-state index contributed by atoms with van der Waals surface area (Å²) in [6.07, 6.45) is 0. The van der Waals surface area contributed by atoms with Crippen LogP contribution in [0.1, 0.15) is 22.3 Å². The van der Waals surface area contributed by atoms with Crippen molar-refractivity contribution < 1.29 is 9.18 Å². The number of aromatic nitrogens is 2. The monoisotopic (exact) mass is 467 g/mol. The maximum Gasteiger partial charge on any atom is 0.272 e. The van der Waals surface area contributed by atoms with Gasteiger partial charge < -0.3 is 5.32 Å². The summed E-state index contributed by atoms with van der Waals surface area (Å²) in [7, 11) is 0. The first kappa shape index (κ1) is 22.2. The smallest absolute Gasteiger partial charge is 0.272 e. The summed E-state index contributed by atoms with van der Waals surface area (Å²) in [5.74, 6) is -0.622. The first-order chi connectivity index (χ1) is 15.3. The number of rotatable bonds is 6. The molecule has 4 rings (SSSR count). The second-order valence-electron chi connectivity index (χ2n) is 7.64. The molecule has 1 N–H and O–H groups in total. The number of halogens is 1. The Morgan fingerprint density at radius 1 is 1.09 bits per heavy atom. The lowest BCUT2D eigenvalue weighted by Gasteiger charge is -2.13. The van der Waals surface area contributed by atoms with Crippen molar-refractivity contribution in [1.29, 1.82) is 0 Å². The number of anilines is 1. The third-order valence-electron chi connectivity index (χ3n) is 5.23. The van der Waals surface area contributed by atoms with Crippen LogP contribution < -0.4 is 10.9 Å². The Kier molecular flexibility index (Phi) is 6.43. The van der Waals surface area contributed by atoms with Crippen molar-refractivity contribution in [2.75, 3.05) is 11.1 Å². The highest BCUT2D eigenvalue weighted by molar-refractivity contribution is 7.99. The van der Waals surface area contributed by atoms with E-state index < -0.39 is 0 Å². The lowest BCUT2D eigenvalue weighted by molar-refractivity contribution is -0.113. The number of benzene rings is 2. The molecule has 5 nitrogen and oxygen atoms in total. The SMILES string of the molecule is Cc1ccc(Cn2c(SCC(=O)Nc3ccc(C)c(F)c3)nc3ccsc3c2=O)cc1C. The highest BCUT2D eigenvalue weighted by atomic mass is 32.2. The van der Waals surface area contributed by atoms with Gasteiger partial charge >= 0.3 is 0 Å². The number of carbonyl (C=O) groups excluding carboxylic acids is 1. The van der Waals surface area contributed by atoms with Gasteiger partial charge in [0.15, 0.2) is 5.16 Å². The molecule has 0 aliphatic carbocycles. The molecule has 0 saturated carbocycles. The number of nitrogens with zero attached hydrogens (tertiary/aromatic N) is 2. The third-order valence-corrected chi connectivity index (χ3v) is 7.10. The van der Waals surface area contributed by atoms with Crippen molar-refractivity contribution in [3.8, 4) is 0 Å². The lowest BCUT2D eigenvalue weighted by atomic mass is 10.1. The van der Waals surface area contributed by atoms with Crippen molar-refractivity contribution in [2.24, 2.45) is 0 Å². The highest BCUT2D eigenvalue weighted by Gasteiger charge is 2.15. The van der Waals surface area contributed by atoms with E-state index in [1.54, 1.807) is 29.7 Å². The number of amides is 1. The van der Waals surface area contributed by atoms with Gasteiger partial charge in [0, 0.05) is 5.69 Å². The lowest BCUT2D eigenvalue weighted by Crippen LogP contribution is -2.24. The summed E-state index contributed by atoms with van der Waals surface area (Å²) in [6, 6.07) is 12.5. The zero-order valence-electron chi connectivity index (χ0n) is 17.9. The molecule has 0 fully saturated rings.